The van der Waals surface area contributed by atoms with Crippen molar-refractivity contribution in [3.05, 3.63) is 90.9 Å². The van der Waals surface area contributed by atoms with E-state index in [2.05, 4.69) is 15.7 Å². The van der Waals surface area contributed by atoms with E-state index in [0.717, 1.165) is 29.0 Å². The molecule has 11 heteroatoms. The summed E-state index contributed by atoms with van der Waals surface area (Å²) in [5.74, 6) is -2.25. The SMILES string of the molecule is Cc1c(C(=O)Nc2ccc(F)cc2F)sc2nc3n(c(=O)c12)NC(c1ccc(Cl)cc1)=CS3. The van der Waals surface area contributed by atoms with Crippen molar-refractivity contribution in [3.63, 3.8) is 0 Å². The molecule has 2 aromatic heterocycles. The second-order valence-corrected chi connectivity index (χ2v) is 9.39. The molecule has 1 aliphatic heterocycles. The highest BCUT2D eigenvalue weighted by Gasteiger charge is 2.24. The Labute approximate surface area is 198 Å². The molecule has 2 aromatic carbocycles. The zero-order valence-corrected chi connectivity index (χ0v) is 19.2. The van der Waals surface area contributed by atoms with E-state index in [1.807, 2.05) is 17.5 Å². The number of carbonyl (C=O) groups is 1. The van der Waals surface area contributed by atoms with Gasteiger partial charge in [-0.05, 0) is 36.8 Å². The molecule has 0 radical (unpaired) electrons. The van der Waals surface area contributed by atoms with Gasteiger partial charge in [0.2, 0.25) is 0 Å². The molecule has 0 spiro atoms. The number of rotatable bonds is 3. The van der Waals surface area contributed by atoms with Crippen molar-refractivity contribution in [1.82, 2.24) is 9.66 Å². The van der Waals surface area contributed by atoms with E-state index >= 15 is 0 Å². The summed E-state index contributed by atoms with van der Waals surface area (Å²) < 4.78 is 28.4. The lowest BCUT2D eigenvalue weighted by molar-refractivity contribution is 0.102. The molecule has 0 saturated heterocycles. The minimum Gasteiger partial charge on any atom is -0.319 e. The zero-order valence-electron chi connectivity index (χ0n) is 16.8. The molecule has 0 unspecified atom stereocenters. The summed E-state index contributed by atoms with van der Waals surface area (Å²) in [7, 11) is 0. The molecule has 5 rings (SSSR count). The molecule has 33 heavy (non-hydrogen) atoms. The van der Waals surface area contributed by atoms with Crippen molar-refractivity contribution in [1.29, 1.82) is 0 Å². The quantitative estimate of drug-likeness (QED) is 0.357. The summed E-state index contributed by atoms with van der Waals surface area (Å²) in [5.41, 5.74) is 4.52. The van der Waals surface area contributed by atoms with Crippen molar-refractivity contribution in [2.45, 2.75) is 12.1 Å². The van der Waals surface area contributed by atoms with Crippen LogP contribution >= 0.6 is 34.7 Å². The summed E-state index contributed by atoms with van der Waals surface area (Å²) in [6.07, 6.45) is 0. The van der Waals surface area contributed by atoms with Gasteiger partial charge in [-0.3, -0.25) is 15.0 Å². The average Bonchev–Trinajstić information content (AvgIpc) is 3.12. The van der Waals surface area contributed by atoms with Crippen LogP contribution in [0.5, 0.6) is 0 Å². The summed E-state index contributed by atoms with van der Waals surface area (Å²) in [5, 5.41) is 5.58. The first-order valence-electron chi connectivity index (χ1n) is 9.54. The third-order valence-electron chi connectivity index (χ3n) is 4.99. The third-order valence-corrected chi connectivity index (χ3v) is 7.26. The van der Waals surface area contributed by atoms with Gasteiger partial charge in [0, 0.05) is 22.1 Å². The maximum absolute atomic E-state index is 14.0. The lowest BCUT2D eigenvalue weighted by Crippen LogP contribution is -2.32. The van der Waals surface area contributed by atoms with Gasteiger partial charge in [0.05, 0.1) is 21.6 Å². The van der Waals surface area contributed by atoms with Crippen molar-refractivity contribution in [2.24, 2.45) is 0 Å². The van der Waals surface area contributed by atoms with Crippen LogP contribution in [0, 0.1) is 18.6 Å². The van der Waals surface area contributed by atoms with E-state index in [1.54, 1.807) is 19.1 Å². The number of hydrogen-bond donors (Lipinski definition) is 2. The second kappa shape index (κ2) is 8.29. The molecule has 6 nitrogen and oxygen atoms in total. The predicted molar refractivity (Wildman–Crippen MR) is 128 cm³/mol. The molecular weight excluding hydrogens is 490 g/mol. The molecule has 0 atom stereocenters. The summed E-state index contributed by atoms with van der Waals surface area (Å²) in [6, 6.07) is 10.0. The van der Waals surface area contributed by atoms with Crippen molar-refractivity contribution in [2.75, 3.05) is 10.7 Å². The summed E-state index contributed by atoms with van der Waals surface area (Å²) in [4.78, 5) is 31.2. The molecule has 0 bridgehead atoms. The number of nitrogens with zero attached hydrogens (tertiary/aromatic N) is 2. The Kier molecular flexibility index (Phi) is 5.43. The molecule has 3 heterocycles. The van der Waals surface area contributed by atoms with Gasteiger partial charge < -0.3 is 5.32 Å². The summed E-state index contributed by atoms with van der Waals surface area (Å²) in [6.45, 7) is 1.64. The molecule has 0 aliphatic carbocycles. The number of thiophene rings is 1. The Morgan fingerprint density at radius 2 is 1.94 bits per heavy atom. The Morgan fingerprint density at radius 3 is 2.67 bits per heavy atom. The van der Waals surface area contributed by atoms with Crippen LogP contribution in [0.3, 0.4) is 0 Å². The average molecular weight is 503 g/mol. The first-order chi connectivity index (χ1) is 15.8. The largest absolute Gasteiger partial charge is 0.319 e. The Balaban J connectivity index is 1.51. The molecule has 0 fully saturated rings. The number of nitrogens with one attached hydrogen (secondary N) is 2. The van der Waals surface area contributed by atoms with Crippen LogP contribution in [0.4, 0.5) is 14.5 Å². The first-order valence-corrected chi connectivity index (χ1v) is 11.6. The normalized spacial score (nSPS) is 12.8. The maximum atomic E-state index is 14.0. The van der Waals surface area contributed by atoms with Crippen LogP contribution in [0.25, 0.3) is 15.9 Å². The zero-order chi connectivity index (χ0) is 23.3. The first kappa shape index (κ1) is 21.6. The molecule has 1 aliphatic rings. The van der Waals surface area contributed by atoms with E-state index in [9.17, 15) is 18.4 Å². The van der Waals surface area contributed by atoms with Gasteiger partial charge in [0.25, 0.3) is 11.5 Å². The lowest BCUT2D eigenvalue weighted by Gasteiger charge is -2.20. The number of halogens is 3. The number of thioether (sulfide) groups is 1. The van der Waals surface area contributed by atoms with Gasteiger partial charge in [-0.1, -0.05) is 35.5 Å². The number of fused-ring (bicyclic) bond motifs is 2. The van der Waals surface area contributed by atoms with Gasteiger partial charge in [0.1, 0.15) is 16.5 Å². The third kappa shape index (κ3) is 3.90. The van der Waals surface area contributed by atoms with Crippen molar-refractivity contribution >= 4 is 62.2 Å². The number of carbonyl (C=O) groups excluding carboxylic acids is 1. The number of amides is 1. The highest BCUT2D eigenvalue weighted by molar-refractivity contribution is 8.02. The molecule has 4 aromatic rings. The number of aryl methyl sites for hydroxylation is 1. The molecule has 166 valence electrons. The van der Waals surface area contributed by atoms with Crippen LogP contribution in [0.15, 0.2) is 57.8 Å². The van der Waals surface area contributed by atoms with Crippen LogP contribution in [0.1, 0.15) is 20.8 Å². The van der Waals surface area contributed by atoms with Crippen LogP contribution in [0.2, 0.25) is 5.02 Å². The van der Waals surface area contributed by atoms with E-state index in [0.29, 0.717) is 37.7 Å². The van der Waals surface area contributed by atoms with Gasteiger partial charge in [-0.25, -0.2) is 13.8 Å². The number of benzene rings is 2. The standard InChI is InChI=1S/C22H13ClF2N4O2S2/c1-10-17-20(33-18(10)19(30)26-15-7-6-13(24)8-14(15)25)27-22-29(21(17)31)28-16(9-32-22)11-2-4-12(23)5-3-11/h2-9,28H,1H3,(H,26,30). The van der Waals surface area contributed by atoms with Gasteiger partial charge in [-0.2, -0.15) is 4.68 Å². The molecule has 1 amide bonds. The van der Waals surface area contributed by atoms with Crippen LogP contribution in [-0.4, -0.2) is 15.6 Å². The topological polar surface area (TPSA) is 76.0 Å². The maximum Gasteiger partial charge on any atom is 0.282 e. The van der Waals surface area contributed by atoms with E-state index < -0.39 is 17.5 Å². The Hall–Kier alpha value is -3.21. The monoisotopic (exact) mass is 502 g/mol. The van der Waals surface area contributed by atoms with E-state index in [1.165, 1.54) is 16.4 Å². The van der Waals surface area contributed by atoms with Gasteiger partial charge in [0.15, 0.2) is 5.16 Å². The highest BCUT2D eigenvalue weighted by atomic mass is 35.5. The predicted octanol–water partition coefficient (Wildman–Crippen LogP) is 5.60. The highest BCUT2D eigenvalue weighted by Crippen LogP contribution is 2.33. The van der Waals surface area contributed by atoms with Crippen molar-refractivity contribution < 1.29 is 13.6 Å². The smallest absolute Gasteiger partial charge is 0.282 e. The molecule has 2 N–H and O–H groups in total. The fourth-order valence-electron chi connectivity index (χ4n) is 3.35. The molecular formula is C22H13ClF2N4O2S2. The Morgan fingerprint density at radius 1 is 1.18 bits per heavy atom. The number of aromatic nitrogens is 2. The number of hydrogen-bond acceptors (Lipinski definition) is 6. The van der Waals surface area contributed by atoms with Gasteiger partial charge in [-0.15, -0.1) is 11.3 Å². The van der Waals surface area contributed by atoms with Gasteiger partial charge >= 0.3 is 0 Å². The lowest BCUT2D eigenvalue weighted by atomic mass is 10.2. The second-order valence-electron chi connectivity index (χ2n) is 7.12. The fraction of sp³-hybridized carbons (Fsp3) is 0.0455. The van der Waals surface area contributed by atoms with E-state index in [4.69, 9.17) is 11.6 Å². The minimum absolute atomic E-state index is 0.156. The van der Waals surface area contributed by atoms with E-state index in [-0.39, 0.29) is 16.1 Å². The van der Waals surface area contributed by atoms with Crippen LogP contribution < -0.4 is 16.3 Å². The fourth-order valence-corrected chi connectivity index (χ4v) is 5.39. The minimum atomic E-state index is -0.892. The Bertz CT molecular complexity index is 1530. The number of anilines is 1. The summed E-state index contributed by atoms with van der Waals surface area (Å²) >= 11 is 8.26. The van der Waals surface area contributed by atoms with Crippen molar-refractivity contribution in [3.8, 4) is 0 Å². The molecule has 0 saturated carbocycles. The van der Waals surface area contributed by atoms with Crippen LogP contribution in [-0.2, 0) is 0 Å².